The molecule has 0 saturated heterocycles. The smallest absolute Gasteiger partial charge is 0.352 e. The van der Waals surface area contributed by atoms with Crippen molar-refractivity contribution in [2.24, 2.45) is 0 Å². The summed E-state index contributed by atoms with van der Waals surface area (Å²) in [5.74, 6) is -0.163. The fraction of sp³-hybridized carbons (Fsp3) is 0.214. The first-order valence-electron chi connectivity index (χ1n) is 5.95. The molecule has 0 spiro atoms. The summed E-state index contributed by atoms with van der Waals surface area (Å²) < 4.78 is 10.6. The van der Waals surface area contributed by atoms with Crippen LogP contribution >= 0.6 is 0 Å². The molecule has 0 aliphatic rings. The molecule has 0 amide bonds. The topological polar surface area (TPSA) is 61.3 Å². The quantitative estimate of drug-likeness (QED) is 0.769. The molecule has 2 aromatic rings. The van der Waals surface area contributed by atoms with E-state index >= 15 is 0 Å². The summed E-state index contributed by atoms with van der Waals surface area (Å²) >= 11 is 0. The number of hydrogen-bond donors (Lipinski definition) is 0. The maximum absolute atomic E-state index is 12.0. The number of ether oxygens (including phenoxy) is 2. The number of carbonyl (C=O) groups excluding carboxylic acids is 1. The van der Waals surface area contributed by atoms with Gasteiger partial charge in [0.2, 0.25) is 12.0 Å². The zero-order valence-corrected chi connectivity index (χ0v) is 10.5. The number of esters is 1. The first-order chi connectivity index (χ1) is 9.31. The van der Waals surface area contributed by atoms with E-state index < -0.39 is 12.1 Å². The molecule has 0 aliphatic heterocycles. The maximum atomic E-state index is 12.0. The Morgan fingerprint density at radius 2 is 2.05 bits per heavy atom. The highest BCUT2D eigenvalue weighted by atomic mass is 16.6. The van der Waals surface area contributed by atoms with Crippen LogP contribution < -0.4 is 4.74 Å². The lowest BCUT2D eigenvalue weighted by Gasteiger charge is -2.16. The SMILES string of the molecule is CCOC(=O)C(Oc1cnccn1)c1ccccc1. The summed E-state index contributed by atoms with van der Waals surface area (Å²) in [5, 5.41) is 0. The van der Waals surface area contributed by atoms with E-state index in [2.05, 4.69) is 9.97 Å². The van der Waals surface area contributed by atoms with E-state index in [1.807, 2.05) is 18.2 Å². The number of carbonyl (C=O) groups is 1. The van der Waals surface area contributed by atoms with Gasteiger partial charge >= 0.3 is 5.97 Å². The molecule has 0 radical (unpaired) electrons. The van der Waals surface area contributed by atoms with Crippen LogP contribution in [0.3, 0.4) is 0 Å². The Morgan fingerprint density at radius 3 is 2.68 bits per heavy atom. The van der Waals surface area contributed by atoms with Gasteiger partial charge in [0.05, 0.1) is 12.8 Å². The Labute approximate surface area is 111 Å². The van der Waals surface area contributed by atoms with Gasteiger partial charge in [-0.05, 0) is 6.92 Å². The number of rotatable bonds is 5. The molecule has 1 unspecified atom stereocenters. The van der Waals surface area contributed by atoms with Crippen LogP contribution in [0.25, 0.3) is 0 Å². The summed E-state index contributed by atoms with van der Waals surface area (Å²) in [6, 6.07) is 9.15. The van der Waals surface area contributed by atoms with Crippen molar-refractivity contribution in [2.45, 2.75) is 13.0 Å². The van der Waals surface area contributed by atoms with Crippen molar-refractivity contribution >= 4 is 5.97 Å². The van der Waals surface area contributed by atoms with Gasteiger partial charge in [-0.15, -0.1) is 0 Å². The molecule has 98 valence electrons. The van der Waals surface area contributed by atoms with Crippen molar-refractivity contribution in [3.63, 3.8) is 0 Å². The van der Waals surface area contributed by atoms with Crippen LogP contribution in [-0.2, 0) is 9.53 Å². The van der Waals surface area contributed by atoms with Gasteiger partial charge in [-0.1, -0.05) is 30.3 Å². The highest BCUT2D eigenvalue weighted by molar-refractivity contribution is 5.76. The monoisotopic (exact) mass is 258 g/mol. The standard InChI is InChI=1S/C14H14N2O3/c1-2-18-14(17)13(11-6-4-3-5-7-11)19-12-10-15-8-9-16-12/h3-10,13H,2H2,1H3. The van der Waals surface area contributed by atoms with Gasteiger partial charge in [0.1, 0.15) is 0 Å². The minimum atomic E-state index is -0.835. The molecule has 5 nitrogen and oxygen atoms in total. The Bertz CT molecular complexity index is 517. The minimum Gasteiger partial charge on any atom is -0.463 e. The lowest BCUT2D eigenvalue weighted by atomic mass is 10.1. The Morgan fingerprint density at radius 1 is 1.26 bits per heavy atom. The van der Waals surface area contributed by atoms with Crippen molar-refractivity contribution in [3.8, 4) is 5.88 Å². The normalized spacial score (nSPS) is 11.6. The molecule has 5 heteroatoms. The Balaban J connectivity index is 2.22. The van der Waals surface area contributed by atoms with Gasteiger partial charge in [-0.25, -0.2) is 9.78 Å². The van der Waals surface area contributed by atoms with Crippen molar-refractivity contribution < 1.29 is 14.3 Å². The highest BCUT2D eigenvalue weighted by Gasteiger charge is 2.24. The average Bonchev–Trinajstić information content (AvgIpc) is 2.47. The molecule has 1 heterocycles. The largest absolute Gasteiger partial charge is 0.463 e. The second-order valence-electron chi connectivity index (χ2n) is 3.70. The molecule has 0 aliphatic carbocycles. The van der Waals surface area contributed by atoms with Gasteiger partial charge in [0.15, 0.2) is 0 Å². The minimum absolute atomic E-state index is 0.282. The maximum Gasteiger partial charge on any atom is 0.352 e. The van der Waals surface area contributed by atoms with Crippen molar-refractivity contribution in [1.29, 1.82) is 0 Å². The molecule has 1 atom stereocenters. The first-order valence-corrected chi connectivity index (χ1v) is 5.95. The van der Waals surface area contributed by atoms with Crippen molar-refractivity contribution in [3.05, 3.63) is 54.5 Å². The van der Waals surface area contributed by atoms with Gasteiger partial charge < -0.3 is 9.47 Å². The van der Waals surface area contributed by atoms with E-state index in [1.54, 1.807) is 19.1 Å². The molecule has 19 heavy (non-hydrogen) atoms. The second-order valence-corrected chi connectivity index (χ2v) is 3.70. The summed E-state index contributed by atoms with van der Waals surface area (Å²) in [6.45, 7) is 2.05. The van der Waals surface area contributed by atoms with Crippen LogP contribution in [0.1, 0.15) is 18.6 Å². The van der Waals surface area contributed by atoms with E-state index in [9.17, 15) is 4.79 Å². The number of benzene rings is 1. The van der Waals surface area contributed by atoms with Crippen LogP contribution in [0, 0.1) is 0 Å². The summed E-state index contributed by atoms with van der Waals surface area (Å²) in [5.41, 5.74) is 0.714. The van der Waals surface area contributed by atoms with Gasteiger partial charge in [-0.2, -0.15) is 0 Å². The Hall–Kier alpha value is -2.43. The van der Waals surface area contributed by atoms with Crippen LogP contribution in [0.15, 0.2) is 48.9 Å². The molecule has 0 saturated carbocycles. The highest BCUT2D eigenvalue weighted by Crippen LogP contribution is 2.21. The summed E-state index contributed by atoms with van der Waals surface area (Å²) in [7, 11) is 0. The van der Waals surface area contributed by atoms with E-state index in [-0.39, 0.29) is 5.88 Å². The molecular weight excluding hydrogens is 244 g/mol. The average molecular weight is 258 g/mol. The molecule has 1 aromatic heterocycles. The second kappa shape index (κ2) is 6.49. The fourth-order valence-electron chi connectivity index (χ4n) is 1.57. The zero-order valence-electron chi connectivity index (χ0n) is 10.5. The summed E-state index contributed by atoms with van der Waals surface area (Å²) in [6.07, 6.45) is 3.66. The van der Waals surface area contributed by atoms with Crippen LogP contribution in [0.4, 0.5) is 0 Å². The van der Waals surface area contributed by atoms with E-state index in [0.717, 1.165) is 0 Å². The lowest BCUT2D eigenvalue weighted by molar-refractivity contribution is -0.151. The van der Waals surface area contributed by atoms with Crippen LogP contribution in [0.5, 0.6) is 5.88 Å². The zero-order chi connectivity index (χ0) is 13.5. The predicted octanol–water partition coefficient (Wildman–Crippen LogP) is 2.16. The lowest BCUT2D eigenvalue weighted by Crippen LogP contribution is -2.21. The van der Waals surface area contributed by atoms with Crippen LogP contribution in [0.2, 0.25) is 0 Å². The van der Waals surface area contributed by atoms with Gasteiger partial charge in [0, 0.05) is 18.0 Å². The van der Waals surface area contributed by atoms with Gasteiger partial charge in [-0.3, -0.25) is 4.98 Å². The van der Waals surface area contributed by atoms with Crippen molar-refractivity contribution in [2.75, 3.05) is 6.61 Å². The molecule has 1 aromatic carbocycles. The number of hydrogen-bond acceptors (Lipinski definition) is 5. The van der Waals surface area contributed by atoms with Crippen molar-refractivity contribution in [1.82, 2.24) is 9.97 Å². The molecule has 0 bridgehead atoms. The molecular formula is C14H14N2O3. The van der Waals surface area contributed by atoms with Gasteiger partial charge in [0.25, 0.3) is 0 Å². The third kappa shape index (κ3) is 3.51. The Kier molecular flexibility index (Phi) is 4.44. The van der Waals surface area contributed by atoms with E-state index in [0.29, 0.717) is 12.2 Å². The molecule has 0 N–H and O–H groups in total. The van der Waals surface area contributed by atoms with E-state index in [4.69, 9.17) is 9.47 Å². The van der Waals surface area contributed by atoms with E-state index in [1.165, 1.54) is 18.6 Å². The third-order valence-corrected chi connectivity index (χ3v) is 2.38. The fourth-order valence-corrected chi connectivity index (χ4v) is 1.57. The first kappa shape index (κ1) is 13.0. The molecule has 2 rings (SSSR count). The number of aromatic nitrogens is 2. The number of nitrogens with zero attached hydrogens (tertiary/aromatic N) is 2. The third-order valence-electron chi connectivity index (χ3n) is 2.38. The van der Waals surface area contributed by atoms with Crippen LogP contribution in [-0.4, -0.2) is 22.5 Å². The summed E-state index contributed by atoms with van der Waals surface area (Å²) in [4.78, 5) is 19.8. The molecule has 0 fully saturated rings. The predicted molar refractivity (Wildman–Crippen MR) is 68.5 cm³/mol.